The van der Waals surface area contributed by atoms with Crippen LogP contribution in [0.4, 0.5) is 11.4 Å². The predicted molar refractivity (Wildman–Crippen MR) is 152 cm³/mol. The van der Waals surface area contributed by atoms with Crippen LogP contribution in [0.25, 0.3) is 0 Å². The first-order valence-corrected chi connectivity index (χ1v) is 13.7. The normalized spacial score (nSPS) is 17.5. The summed E-state index contributed by atoms with van der Waals surface area (Å²) in [5.41, 5.74) is 3.65. The van der Waals surface area contributed by atoms with Crippen molar-refractivity contribution >= 4 is 52.1 Å². The molecule has 4 rings (SSSR count). The molecule has 206 valence electrons. The van der Waals surface area contributed by atoms with Crippen LogP contribution in [-0.2, 0) is 14.3 Å². The topological polar surface area (TPSA) is 116 Å². The second kappa shape index (κ2) is 11.5. The van der Waals surface area contributed by atoms with Gasteiger partial charge >= 0.3 is 5.97 Å². The fourth-order valence-electron chi connectivity index (χ4n) is 4.59. The second-order valence-electron chi connectivity index (χ2n) is 10.5. The van der Waals surface area contributed by atoms with E-state index in [1.807, 2.05) is 45.9 Å². The number of amides is 2. The Morgan fingerprint density at radius 2 is 1.90 bits per heavy atom. The number of benzene rings is 2. The van der Waals surface area contributed by atoms with E-state index in [1.54, 1.807) is 28.5 Å². The van der Waals surface area contributed by atoms with Gasteiger partial charge in [-0.2, -0.15) is 0 Å². The molecule has 8 nitrogen and oxygen atoms in total. The molecule has 1 aliphatic rings. The van der Waals surface area contributed by atoms with E-state index < -0.39 is 35.4 Å². The first kappa shape index (κ1) is 28.8. The zero-order valence-corrected chi connectivity index (χ0v) is 23.7. The fraction of sp³-hybridized carbons (Fsp3) is 0.345. The predicted octanol–water partition coefficient (Wildman–Crippen LogP) is 5.59. The number of carboxylic acids is 1. The van der Waals surface area contributed by atoms with E-state index in [4.69, 9.17) is 16.3 Å². The lowest BCUT2D eigenvalue weighted by Gasteiger charge is -2.32. The van der Waals surface area contributed by atoms with E-state index in [-0.39, 0.29) is 30.1 Å². The van der Waals surface area contributed by atoms with Crippen LogP contribution in [0.1, 0.15) is 58.3 Å². The fourth-order valence-corrected chi connectivity index (χ4v) is 5.46. The highest BCUT2D eigenvalue weighted by molar-refractivity contribution is 7.12. The molecule has 0 bridgehead atoms. The van der Waals surface area contributed by atoms with Crippen LogP contribution in [0.15, 0.2) is 47.8 Å². The summed E-state index contributed by atoms with van der Waals surface area (Å²) in [5, 5.41) is 24.1. The van der Waals surface area contributed by atoms with Gasteiger partial charge in [0.15, 0.2) is 0 Å². The van der Waals surface area contributed by atoms with Crippen LogP contribution < -0.4 is 10.2 Å². The minimum atomic E-state index is -1.19. The molecular weight excluding hydrogens is 540 g/mol. The summed E-state index contributed by atoms with van der Waals surface area (Å²) in [6, 6.07) is 12.6. The summed E-state index contributed by atoms with van der Waals surface area (Å²) in [5.74, 6) is -2.15. The largest absolute Gasteiger partial charge is 0.477 e. The summed E-state index contributed by atoms with van der Waals surface area (Å²) in [4.78, 5) is 40.2. The smallest absolute Gasteiger partial charge is 0.348 e. The number of anilines is 2. The molecule has 0 saturated carbocycles. The summed E-state index contributed by atoms with van der Waals surface area (Å²) in [7, 11) is 0. The monoisotopic (exact) mass is 570 g/mol. The van der Waals surface area contributed by atoms with Crippen molar-refractivity contribution in [1.29, 1.82) is 0 Å². The van der Waals surface area contributed by atoms with Gasteiger partial charge in [0.1, 0.15) is 17.1 Å². The SMILES string of the molecule is Cc1cccc([C@H]2O[C@H](CC(=O)Nc3ccsc3C(=O)O)C(=O)N(CC(C)(C)CO)c3ccc(Cl)cc32)c1C. The molecule has 1 aliphatic heterocycles. The molecule has 2 atom stereocenters. The number of aliphatic hydroxyl groups is 1. The van der Waals surface area contributed by atoms with Crippen LogP contribution in [0.3, 0.4) is 0 Å². The zero-order chi connectivity index (χ0) is 28.5. The molecule has 2 aromatic carbocycles. The molecule has 0 saturated heterocycles. The standard InChI is InChI=1S/C29H31ClN2O6S/c1-16-6-5-7-19(17(16)2)25-20-12-18(30)8-9-22(20)32(14-29(3,4)15-33)27(35)23(38-25)13-24(34)31-21-10-11-39-26(21)28(36)37/h5-12,23,25,33H,13-15H2,1-4H3,(H,31,34)(H,36,37)/t23-,25-/m1/s1. The van der Waals surface area contributed by atoms with Gasteiger partial charge in [0.05, 0.1) is 12.1 Å². The molecule has 0 spiro atoms. The van der Waals surface area contributed by atoms with Gasteiger partial charge in [-0.25, -0.2) is 4.79 Å². The Hall–Kier alpha value is -3.24. The molecule has 0 radical (unpaired) electrons. The Morgan fingerprint density at radius 3 is 2.59 bits per heavy atom. The van der Waals surface area contributed by atoms with Gasteiger partial charge in [0, 0.05) is 34.8 Å². The maximum atomic E-state index is 14.0. The van der Waals surface area contributed by atoms with Crippen LogP contribution in [-0.4, -0.2) is 47.3 Å². The number of carbonyl (C=O) groups excluding carboxylic acids is 2. The Balaban J connectivity index is 1.79. The van der Waals surface area contributed by atoms with Gasteiger partial charge < -0.3 is 25.2 Å². The highest BCUT2D eigenvalue weighted by Gasteiger charge is 2.40. The van der Waals surface area contributed by atoms with E-state index in [0.29, 0.717) is 16.3 Å². The highest BCUT2D eigenvalue weighted by atomic mass is 35.5. The number of aromatic carboxylic acids is 1. The second-order valence-corrected chi connectivity index (χ2v) is 11.8. The van der Waals surface area contributed by atoms with Gasteiger partial charge in [-0.05, 0) is 60.2 Å². The number of aliphatic hydroxyl groups excluding tert-OH is 1. The van der Waals surface area contributed by atoms with Crippen LogP contribution in [0, 0.1) is 19.3 Å². The van der Waals surface area contributed by atoms with Gasteiger partial charge in [-0.1, -0.05) is 43.6 Å². The maximum absolute atomic E-state index is 14.0. The molecule has 3 N–H and O–H groups in total. The minimum absolute atomic E-state index is 0.00177. The number of hydrogen-bond donors (Lipinski definition) is 3. The average Bonchev–Trinajstić information content (AvgIpc) is 3.31. The number of nitrogens with zero attached hydrogens (tertiary/aromatic N) is 1. The van der Waals surface area contributed by atoms with Gasteiger partial charge in [0.2, 0.25) is 5.91 Å². The number of halogens is 1. The Kier molecular flexibility index (Phi) is 8.46. The number of nitrogens with one attached hydrogen (secondary N) is 1. The number of thiophene rings is 1. The lowest BCUT2D eigenvalue weighted by Crippen LogP contribution is -2.46. The Morgan fingerprint density at radius 1 is 1.15 bits per heavy atom. The van der Waals surface area contributed by atoms with Crippen molar-refractivity contribution < 1.29 is 29.3 Å². The number of ether oxygens (including phenoxy) is 1. The van der Waals surface area contributed by atoms with Gasteiger partial charge in [-0.15, -0.1) is 11.3 Å². The molecule has 0 aliphatic carbocycles. The van der Waals surface area contributed by atoms with Crippen molar-refractivity contribution in [2.75, 3.05) is 23.4 Å². The third kappa shape index (κ3) is 6.17. The van der Waals surface area contributed by atoms with E-state index >= 15 is 0 Å². The summed E-state index contributed by atoms with van der Waals surface area (Å²) < 4.78 is 6.49. The number of hydrogen-bond acceptors (Lipinski definition) is 6. The molecule has 2 amide bonds. The average molecular weight is 571 g/mol. The lowest BCUT2D eigenvalue weighted by molar-refractivity contribution is -0.136. The third-order valence-corrected chi connectivity index (χ3v) is 7.99. The van der Waals surface area contributed by atoms with E-state index in [9.17, 15) is 24.6 Å². The highest BCUT2D eigenvalue weighted by Crippen LogP contribution is 2.42. The number of aryl methyl sites for hydroxylation is 1. The van der Waals surface area contributed by atoms with Gasteiger partial charge in [0.25, 0.3) is 5.91 Å². The van der Waals surface area contributed by atoms with E-state index in [2.05, 4.69) is 5.32 Å². The molecule has 10 heteroatoms. The Bertz CT molecular complexity index is 1420. The third-order valence-electron chi connectivity index (χ3n) is 6.85. The summed E-state index contributed by atoms with van der Waals surface area (Å²) in [6.45, 7) is 7.66. The van der Waals surface area contributed by atoms with E-state index in [1.165, 1.54) is 6.07 Å². The quantitative estimate of drug-likeness (QED) is 0.325. The van der Waals surface area contributed by atoms with Crippen molar-refractivity contribution in [3.05, 3.63) is 80.0 Å². The molecule has 0 fully saturated rings. The van der Waals surface area contributed by atoms with Crippen molar-refractivity contribution in [2.24, 2.45) is 5.41 Å². The molecule has 3 aromatic rings. The number of carbonyl (C=O) groups is 3. The number of carboxylic acid groups (broad SMARTS) is 1. The zero-order valence-electron chi connectivity index (χ0n) is 22.2. The van der Waals surface area contributed by atoms with Crippen molar-refractivity contribution in [2.45, 2.75) is 46.3 Å². The molecule has 0 unspecified atom stereocenters. The first-order chi connectivity index (χ1) is 18.4. The molecule has 1 aromatic heterocycles. The first-order valence-electron chi connectivity index (χ1n) is 12.5. The van der Waals surface area contributed by atoms with Crippen molar-refractivity contribution in [3.8, 4) is 0 Å². The molecular formula is C29H31ClN2O6S. The summed E-state index contributed by atoms with van der Waals surface area (Å²) >= 11 is 7.42. The Labute approximate surface area is 236 Å². The number of fused-ring (bicyclic) bond motifs is 1. The van der Waals surface area contributed by atoms with Gasteiger partial charge in [-0.3, -0.25) is 9.59 Å². The lowest BCUT2D eigenvalue weighted by atomic mass is 9.91. The number of rotatable bonds is 8. The van der Waals surface area contributed by atoms with Crippen molar-refractivity contribution in [3.63, 3.8) is 0 Å². The molecule has 2 heterocycles. The van der Waals surface area contributed by atoms with Crippen LogP contribution in [0.2, 0.25) is 5.02 Å². The summed E-state index contributed by atoms with van der Waals surface area (Å²) in [6.07, 6.45) is -2.24. The molecule has 39 heavy (non-hydrogen) atoms. The van der Waals surface area contributed by atoms with Crippen molar-refractivity contribution in [1.82, 2.24) is 0 Å². The van der Waals surface area contributed by atoms with Crippen LogP contribution in [0.5, 0.6) is 0 Å². The minimum Gasteiger partial charge on any atom is -0.477 e. The van der Waals surface area contributed by atoms with E-state index in [0.717, 1.165) is 28.0 Å². The van der Waals surface area contributed by atoms with Crippen LogP contribution >= 0.6 is 22.9 Å². The maximum Gasteiger partial charge on any atom is 0.348 e.